The summed E-state index contributed by atoms with van der Waals surface area (Å²) in [6.45, 7) is 11.9. The molecule has 0 saturated heterocycles. The summed E-state index contributed by atoms with van der Waals surface area (Å²) in [6, 6.07) is 0. The molecule has 0 bridgehead atoms. The lowest BCUT2D eigenvalue weighted by Crippen LogP contribution is -2.28. The zero-order valence-corrected chi connectivity index (χ0v) is 11.2. The van der Waals surface area contributed by atoms with E-state index in [1.807, 2.05) is 0 Å². The van der Waals surface area contributed by atoms with Gasteiger partial charge in [0.25, 0.3) is 0 Å². The Morgan fingerprint density at radius 2 is 1.50 bits per heavy atom. The van der Waals surface area contributed by atoms with Crippen LogP contribution in [0.15, 0.2) is 0 Å². The van der Waals surface area contributed by atoms with Gasteiger partial charge in [-0.15, -0.1) is 0 Å². The summed E-state index contributed by atoms with van der Waals surface area (Å²) in [7, 11) is 2.41. The van der Waals surface area contributed by atoms with Gasteiger partial charge in [0.05, 0.1) is 0 Å². The van der Waals surface area contributed by atoms with E-state index in [9.17, 15) is 0 Å². The fourth-order valence-corrected chi connectivity index (χ4v) is 1.81. The van der Waals surface area contributed by atoms with Crippen molar-refractivity contribution >= 4 is 7.85 Å². The van der Waals surface area contributed by atoms with E-state index in [4.69, 9.17) is 0 Å². The second kappa shape index (κ2) is 5.83. The lowest BCUT2D eigenvalue weighted by Gasteiger charge is -2.41. The van der Waals surface area contributed by atoms with E-state index in [2.05, 4.69) is 42.5 Å². The van der Waals surface area contributed by atoms with Crippen LogP contribution in [0.2, 0.25) is 5.31 Å². The van der Waals surface area contributed by atoms with Gasteiger partial charge in [-0.1, -0.05) is 72.0 Å². The second-order valence-electron chi connectivity index (χ2n) is 5.93. The van der Waals surface area contributed by atoms with Crippen molar-refractivity contribution in [3.8, 4) is 0 Å². The molecule has 0 aliphatic heterocycles. The van der Waals surface area contributed by atoms with Crippen molar-refractivity contribution in [2.24, 2.45) is 5.41 Å². The van der Waals surface area contributed by atoms with Crippen LogP contribution in [0.3, 0.4) is 0 Å². The van der Waals surface area contributed by atoms with E-state index in [1.54, 1.807) is 0 Å². The average Bonchev–Trinajstić information content (AvgIpc) is 2.12. The summed E-state index contributed by atoms with van der Waals surface area (Å²) in [6.07, 6.45) is 8.24. The van der Waals surface area contributed by atoms with Crippen LogP contribution in [0, 0.1) is 5.41 Å². The zero-order chi connectivity index (χ0) is 11.2. The second-order valence-corrected chi connectivity index (χ2v) is 5.93. The Morgan fingerprint density at radius 3 is 1.93 bits per heavy atom. The monoisotopic (exact) mass is 196 g/mol. The topological polar surface area (TPSA) is 0 Å². The molecule has 0 nitrogen and oxygen atoms in total. The van der Waals surface area contributed by atoms with E-state index in [1.165, 1.54) is 38.5 Å². The molecule has 0 spiro atoms. The van der Waals surface area contributed by atoms with E-state index in [0.717, 1.165) is 0 Å². The van der Waals surface area contributed by atoms with E-state index in [-0.39, 0.29) is 0 Å². The standard InChI is InChI=1S/C13H29B/c1-6-8-9-10-11-12(3,4)13(5,14)7-2/h6-11,14H2,1-5H3. The molecule has 0 radical (unpaired) electrons. The van der Waals surface area contributed by atoms with Crippen molar-refractivity contribution in [2.75, 3.05) is 0 Å². The van der Waals surface area contributed by atoms with E-state index in [0.29, 0.717) is 10.7 Å². The maximum Gasteiger partial charge on any atom is 0.109 e. The minimum absolute atomic E-state index is 0.485. The highest BCUT2D eigenvalue weighted by atomic mass is 14.4. The lowest BCUT2D eigenvalue weighted by molar-refractivity contribution is 0.216. The number of hydrogen-bond acceptors (Lipinski definition) is 0. The van der Waals surface area contributed by atoms with Crippen LogP contribution in [0.5, 0.6) is 0 Å². The Bertz CT molecular complexity index is 147. The van der Waals surface area contributed by atoms with Gasteiger partial charge in [-0.25, -0.2) is 0 Å². The molecule has 0 aromatic heterocycles. The fraction of sp³-hybridized carbons (Fsp3) is 1.00. The first-order valence-corrected chi connectivity index (χ1v) is 6.37. The van der Waals surface area contributed by atoms with E-state index >= 15 is 0 Å². The van der Waals surface area contributed by atoms with Crippen molar-refractivity contribution < 1.29 is 0 Å². The van der Waals surface area contributed by atoms with Gasteiger partial charge in [0.2, 0.25) is 0 Å². The Kier molecular flexibility index (Phi) is 5.85. The highest BCUT2D eigenvalue weighted by molar-refractivity contribution is 6.15. The van der Waals surface area contributed by atoms with Crippen LogP contribution < -0.4 is 0 Å². The normalized spacial score (nSPS) is 16.6. The molecule has 1 atom stereocenters. The molecule has 84 valence electrons. The van der Waals surface area contributed by atoms with E-state index < -0.39 is 0 Å². The predicted octanol–water partition coefficient (Wildman–Crippen LogP) is 4.20. The molecular weight excluding hydrogens is 167 g/mol. The highest BCUT2D eigenvalue weighted by Gasteiger charge is 2.34. The third kappa shape index (κ3) is 4.06. The molecule has 0 rings (SSSR count). The quantitative estimate of drug-likeness (QED) is 0.422. The average molecular weight is 196 g/mol. The summed E-state index contributed by atoms with van der Waals surface area (Å²) in [5, 5.41) is 0.485. The Morgan fingerprint density at radius 1 is 0.929 bits per heavy atom. The molecule has 0 aliphatic rings. The molecule has 0 N–H and O–H groups in total. The smallest absolute Gasteiger partial charge is 0.0664 e. The third-order valence-corrected chi connectivity index (χ3v) is 4.37. The molecule has 0 fully saturated rings. The summed E-state index contributed by atoms with van der Waals surface area (Å²) < 4.78 is 0. The summed E-state index contributed by atoms with van der Waals surface area (Å²) in [4.78, 5) is 0. The molecule has 0 saturated carbocycles. The molecule has 1 heteroatoms. The first-order chi connectivity index (χ1) is 6.37. The molecular formula is C13H29B. The minimum Gasteiger partial charge on any atom is -0.0664 e. The Balaban J connectivity index is 3.94. The number of hydrogen-bond donors (Lipinski definition) is 0. The SMILES string of the molecule is BC(C)(CC)C(C)(C)CCCCCC. The van der Waals surface area contributed by atoms with Crippen LogP contribution >= 0.6 is 0 Å². The molecule has 14 heavy (non-hydrogen) atoms. The lowest BCUT2D eigenvalue weighted by atomic mass is 9.52. The van der Waals surface area contributed by atoms with Gasteiger partial charge in [0.1, 0.15) is 7.85 Å². The summed E-state index contributed by atoms with van der Waals surface area (Å²) >= 11 is 0. The highest BCUT2D eigenvalue weighted by Crippen LogP contribution is 2.48. The van der Waals surface area contributed by atoms with Crippen LogP contribution in [-0.4, -0.2) is 7.85 Å². The van der Waals surface area contributed by atoms with Crippen LogP contribution in [0.4, 0.5) is 0 Å². The molecule has 0 amide bonds. The van der Waals surface area contributed by atoms with Gasteiger partial charge in [0.15, 0.2) is 0 Å². The predicted molar refractivity (Wildman–Crippen MR) is 69.7 cm³/mol. The number of unbranched alkanes of at least 4 members (excludes halogenated alkanes) is 3. The first-order valence-electron chi connectivity index (χ1n) is 6.37. The minimum atomic E-state index is 0.485. The third-order valence-electron chi connectivity index (χ3n) is 4.37. The van der Waals surface area contributed by atoms with Crippen molar-refractivity contribution in [1.29, 1.82) is 0 Å². The van der Waals surface area contributed by atoms with Crippen LogP contribution in [-0.2, 0) is 0 Å². The van der Waals surface area contributed by atoms with Gasteiger partial charge < -0.3 is 0 Å². The van der Waals surface area contributed by atoms with Crippen LogP contribution in [0.25, 0.3) is 0 Å². The molecule has 0 aromatic carbocycles. The largest absolute Gasteiger partial charge is 0.109 e. The summed E-state index contributed by atoms with van der Waals surface area (Å²) in [5.41, 5.74) is 0.496. The molecule has 0 aliphatic carbocycles. The van der Waals surface area contributed by atoms with Gasteiger partial charge in [0, 0.05) is 0 Å². The maximum absolute atomic E-state index is 2.43. The van der Waals surface area contributed by atoms with Crippen molar-refractivity contribution in [2.45, 2.75) is 78.5 Å². The van der Waals surface area contributed by atoms with Gasteiger partial charge >= 0.3 is 0 Å². The van der Waals surface area contributed by atoms with Crippen molar-refractivity contribution in [3.63, 3.8) is 0 Å². The maximum atomic E-state index is 2.43. The van der Waals surface area contributed by atoms with Gasteiger partial charge in [-0.05, 0) is 11.8 Å². The first kappa shape index (κ1) is 14.1. The molecule has 0 heterocycles. The summed E-state index contributed by atoms with van der Waals surface area (Å²) in [5.74, 6) is 0. The fourth-order valence-electron chi connectivity index (χ4n) is 1.81. The van der Waals surface area contributed by atoms with Gasteiger partial charge in [-0.3, -0.25) is 0 Å². The van der Waals surface area contributed by atoms with Crippen molar-refractivity contribution in [1.82, 2.24) is 0 Å². The Labute approximate surface area is 92.3 Å². The molecule has 0 aromatic rings. The number of rotatable bonds is 7. The van der Waals surface area contributed by atoms with Crippen LogP contribution in [0.1, 0.15) is 73.1 Å². The van der Waals surface area contributed by atoms with Gasteiger partial charge in [-0.2, -0.15) is 0 Å². The zero-order valence-electron chi connectivity index (χ0n) is 11.2. The molecule has 1 unspecified atom stereocenters. The van der Waals surface area contributed by atoms with Crippen molar-refractivity contribution in [3.05, 3.63) is 0 Å². The Hall–Kier alpha value is 0.0649.